The third kappa shape index (κ3) is 4.55. The Balaban J connectivity index is 1.43. The van der Waals surface area contributed by atoms with Crippen LogP contribution in [0.1, 0.15) is 18.5 Å². The van der Waals surface area contributed by atoms with Gasteiger partial charge in [0.15, 0.2) is 0 Å². The molecule has 2 N–H and O–H groups in total. The highest BCUT2D eigenvalue weighted by atomic mass is 32.1. The first-order valence-corrected chi connectivity index (χ1v) is 9.18. The number of benzene rings is 1. The van der Waals surface area contributed by atoms with Crippen LogP contribution in [0.4, 0.5) is 4.79 Å². The maximum atomic E-state index is 12.0. The van der Waals surface area contributed by atoms with Crippen molar-refractivity contribution in [1.82, 2.24) is 15.2 Å². The van der Waals surface area contributed by atoms with Gasteiger partial charge in [-0.15, -0.1) is 11.3 Å². The molecule has 1 fully saturated rings. The highest BCUT2D eigenvalue weighted by Gasteiger charge is 2.31. The summed E-state index contributed by atoms with van der Waals surface area (Å²) in [6.07, 6.45) is 2.45. The summed E-state index contributed by atoms with van der Waals surface area (Å²) in [4.78, 5) is 18.2. The fourth-order valence-electron chi connectivity index (χ4n) is 2.56. The van der Waals surface area contributed by atoms with Crippen molar-refractivity contribution in [2.75, 3.05) is 20.1 Å². The van der Waals surface area contributed by atoms with E-state index in [4.69, 9.17) is 0 Å². The maximum Gasteiger partial charge on any atom is 0.317 e. The zero-order chi connectivity index (χ0) is 16.9. The van der Waals surface area contributed by atoms with Gasteiger partial charge in [-0.25, -0.2) is 9.78 Å². The van der Waals surface area contributed by atoms with Gasteiger partial charge in [0.2, 0.25) is 0 Å². The average Bonchev–Trinajstić information content (AvgIpc) is 3.35. The second kappa shape index (κ2) is 7.77. The van der Waals surface area contributed by atoms with E-state index in [2.05, 4.69) is 10.3 Å². The standard InChI is InChI=1S/C18H23N3O2S/c1-21(11-16(22)13-7-8-13)18(23)19-10-9-15-12-24-17(20-15)14-5-3-2-4-6-14/h2-6,12-13,16,22H,7-11H2,1H3,(H,19,23). The van der Waals surface area contributed by atoms with Gasteiger partial charge in [-0.3, -0.25) is 0 Å². The van der Waals surface area contributed by atoms with Crippen LogP contribution in [-0.2, 0) is 6.42 Å². The molecule has 1 aromatic heterocycles. The zero-order valence-electron chi connectivity index (χ0n) is 13.8. The first-order chi connectivity index (χ1) is 11.6. The van der Waals surface area contributed by atoms with Crippen molar-refractivity contribution in [2.24, 2.45) is 5.92 Å². The van der Waals surface area contributed by atoms with Gasteiger partial charge in [-0.1, -0.05) is 30.3 Å². The highest BCUT2D eigenvalue weighted by Crippen LogP contribution is 2.32. The summed E-state index contributed by atoms with van der Waals surface area (Å²) >= 11 is 1.62. The lowest BCUT2D eigenvalue weighted by molar-refractivity contribution is 0.113. The van der Waals surface area contributed by atoms with Crippen molar-refractivity contribution in [3.63, 3.8) is 0 Å². The minimum atomic E-state index is -0.396. The number of amides is 2. The lowest BCUT2D eigenvalue weighted by Gasteiger charge is -2.21. The number of carbonyl (C=O) groups is 1. The van der Waals surface area contributed by atoms with Gasteiger partial charge in [0, 0.05) is 37.5 Å². The number of nitrogens with one attached hydrogen (secondary N) is 1. The molecule has 1 aliphatic rings. The molecule has 3 rings (SSSR count). The van der Waals surface area contributed by atoms with Gasteiger partial charge in [-0.05, 0) is 18.8 Å². The molecule has 0 aliphatic heterocycles. The summed E-state index contributed by atoms with van der Waals surface area (Å²) in [6.45, 7) is 0.937. The average molecular weight is 345 g/mol. The van der Waals surface area contributed by atoms with Crippen molar-refractivity contribution < 1.29 is 9.90 Å². The Labute approximate surface area is 146 Å². The Morgan fingerprint density at radius 3 is 2.88 bits per heavy atom. The van der Waals surface area contributed by atoms with E-state index in [1.807, 2.05) is 35.7 Å². The summed E-state index contributed by atoms with van der Waals surface area (Å²) in [5.74, 6) is 0.381. The molecule has 2 amide bonds. The summed E-state index contributed by atoms with van der Waals surface area (Å²) in [5.41, 5.74) is 2.10. The summed E-state index contributed by atoms with van der Waals surface area (Å²) < 4.78 is 0. The number of thiazole rings is 1. The first kappa shape index (κ1) is 16.9. The quantitative estimate of drug-likeness (QED) is 0.811. The van der Waals surface area contributed by atoms with Crippen molar-refractivity contribution in [1.29, 1.82) is 0 Å². The smallest absolute Gasteiger partial charge is 0.317 e. The number of aromatic nitrogens is 1. The first-order valence-electron chi connectivity index (χ1n) is 8.30. The van der Waals surface area contributed by atoms with E-state index in [1.165, 1.54) is 0 Å². The summed E-state index contributed by atoms with van der Waals surface area (Å²) in [6, 6.07) is 9.94. The molecule has 1 atom stereocenters. The number of carbonyl (C=O) groups excluding carboxylic acids is 1. The number of hydrogen-bond acceptors (Lipinski definition) is 4. The molecule has 1 unspecified atom stereocenters. The molecule has 0 spiro atoms. The molecule has 1 aromatic carbocycles. The van der Waals surface area contributed by atoms with Crippen molar-refractivity contribution >= 4 is 17.4 Å². The lowest BCUT2D eigenvalue weighted by atomic mass is 10.2. The maximum absolute atomic E-state index is 12.0. The number of aliphatic hydroxyl groups excluding tert-OH is 1. The fourth-order valence-corrected chi connectivity index (χ4v) is 3.42. The molecule has 5 nitrogen and oxygen atoms in total. The molecule has 1 heterocycles. The van der Waals surface area contributed by atoms with E-state index in [1.54, 1.807) is 23.3 Å². The van der Waals surface area contributed by atoms with Crippen LogP contribution in [0.2, 0.25) is 0 Å². The zero-order valence-corrected chi connectivity index (χ0v) is 14.6. The third-order valence-corrected chi connectivity index (χ3v) is 5.14. The Morgan fingerprint density at radius 2 is 2.17 bits per heavy atom. The number of nitrogens with zero attached hydrogens (tertiary/aromatic N) is 2. The predicted molar refractivity (Wildman–Crippen MR) is 96.0 cm³/mol. The molecule has 1 saturated carbocycles. The number of aliphatic hydroxyl groups is 1. The third-order valence-electron chi connectivity index (χ3n) is 4.20. The molecular formula is C18H23N3O2S. The van der Waals surface area contributed by atoms with Crippen molar-refractivity contribution in [3.05, 3.63) is 41.4 Å². The van der Waals surface area contributed by atoms with Crippen LogP contribution >= 0.6 is 11.3 Å². The van der Waals surface area contributed by atoms with Crippen molar-refractivity contribution in [2.45, 2.75) is 25.4 Å². The molecule has 0 radical (unpaired) electrons. The molecule has 2 aromatic rings. The second-order valence-corrected chi connectivity index (χ2v) is 7.14. The normalized spacial score (nSPS) is 15.1. The van der Waals surface area contributed by atoms with E-state index in [9.17, 15) is 9.90 Å². The van der Waals surface area contributed by atoms with Crippen LogP contribution in [0, 0.1) is 5.92 Å². The van der Waals surface area contributed by atoms with Crippen molar-refractivity contribution in [3.8, 4) is 10.6 Å². The van der Waals surface area contributed by atoms with Gasteiger partial charge >= 0.3 is 6.03 Å². The topological polar surface area (TPSA) is 65.5 Å². The van der Waals surface area contributed by atoms with Crippen LogP contribution in [0.25, 0.3) is 10.6 Å². The number of hydrogen-bond donors (Lipinski definition) is 2. The molecule has 128 valence electrons. The van der Waals surface area contributed by atoms with Crippen LogP contribution < -0.4 is 5.32 Å². The monoisotopic (exact) mass is 345 g/mol. The van der Waals surface area contributed by atoms with Gasteiger partial charge in [0.05, 0.1) is 11.8 Å². The van der Waals surface area contributed by atoms with E-state index in [0.717, 1.165) is 29.1 Å². The van der Waals surface area contributed by atoms with E-state index in [0.29, 0.717) is 25.4 Å². The Hall–Kier alpha value is -1.92. The van der Waals surface area contributed by atoms with E-state index in [-0.39, 0.29) is 6.03 Å². The SMILES string of the molecule is CN(CC(O)C1CC1)C(=O)NCCc1csc(-c2ccccc2)n1. The van der Waals surface area contributed by atoms with E-state index >= 15 is 0 Å². The molecule has 1 aliphatic carbocycles. The minimum absolute atomic E-state index is 0.145. The minimum Gasteiger partial charge on any atom is -0.391 e. The van der Waals surface area contributed by atoms with E-state index < -0.39 is 6.10 Å². The fraction of sp³-hybridized carbons (Fsp3) is 0.444. The number of likely N-dealkylation sites (N-methyl/N-ethyl adjacent to an activating group) is 1. The Kier molecular flexibility index (Phi) is 5.48. The number of rotatable bonds is 7. The summed E-state index contributed by atoms with van der Waals surface area (Å²) in [7, 11) is 1.72. The van der Waals surface area contributed by atoms with Crippen LogP contribution in [0.15, 0.2) is 35.7 Å². The highest BCUT2D eigenvalue weighted by molar-refractivity contribution is 7.13. The van der Waals surface area contributed by atoms with Gasteiger partial charge in [-0.2, -0.15) is 0 Å². The van der Waals surface area contributed by atoms with Gasteiger partial charge < -0.3 is 15.3 Å². The Morgan fingerprint density at radius 1 is 1.42 bits per heavy atom. The summed E-state index contributed by atoms with van der Waals surface area (Å²) in [5, 5.41) is 15.8. The largest absolute Gasteiger partial charge is 0.391 e. The second-order valence-electron chi connectivity index (χ2n) is 6.28. The molecule has 0 saturated heterocycles. The number of urea groups is 1. The van der Waals surface area contributed by atoms with Crippen LogP contribution in [0.3, 0.4) is 0 Å². The predicted octanol–water partition coefficient (Wildman–Crippen LogP) is 2.76. The molecule has 24 heavy (non-hydrogen) atoms. The molecule has 0 bridgehead atoms. The van der Waals surface area contributed by atoms with Crippen LogP contribution in [0.5, 0.6) is 0 Å². The van der Waals surface area contributed by atoms with Gasteiger partial charge in [0.25, 0.3) is 0 Å². The molecular weight excluding hydrogens is 322 g/mol. The van der Waals surface area contributed by atoms with Crippen LogP contribution in [-0.4, -0.2) is 47.3 Å². The molecule has 6 heteroatoms. The Bertz CT molecular complexity index is 670. The van der Waals surface area contributed by atoms with Gasteiger partial charge in [0.1, 0.15) is 5.01 Å². The lowest BCUT2D eigenvalue weighted by Crippen LogP contribution is -2.42.